The van der Waals surface area contributed by atoms with E-state index in [-0.39, 0.29) is 48.9 Å². The lowest BCUT2D eigenvalue weighted by Gasteiger charge is -2.27. The molecule has 0 aliphatic rings. The zero-order valence-corrected chi connectivity index (χ0v) is 24.3. The smallest absolute Gasteiger partial charge is 0.468 e. The van der Waals surface area contributed by atoms with E-state index >= 15 is 0 Å². The van der Waals surface area contributed by atoms with Crippen LogP contribution in [0.25, 0.3) is 0 Å². The molecular formula is C28H43NO10. The van der Waals surface area contributed by atoms with E-state index in [0.717, 1.165) is 0 Å². The minimum atomic E-state index is -1.57. The number of benzene rings is 1. The Kier molecular flexibility index (Phi) is 13.2. The lowest BCUT2D eigenvalue weighted by molar-refractivity contribution is -0.152. The van der Waals surface area contributed by atoms with Gasteiger partial charge < -0.3 is 34.2 Å². The predicted octanol–water partition coefficient (Wildman–Crippen LogP) is 5.10. The third-order valence-electron chi connectivity index (χ3n) is 5.74. The van der Waals surface area contributed by atoms with E-state index in [1.807, 2.05) is 34.6 Å². The summed E-state index contributed by atoms with van der Waals surface area (Å²) in [6.07, 6.45) is -1.50. The van der Waals surface area contributed by atoms with Crippen molar-refractivity contribution in [2.45, 2.75) is 98.3 Å². The Morgan fingerprint density at radius 2 is 1.44 bits per heavy atom. The van der Waals surface area contributed by atoms with Crippen molar-refractivity contribution in [2.75, 3.05) is 13.7 Å². The van der Waals surface area contributed by atoms with Gasteiger partial charge in [-0.3, -0.25) is 9.59 Å². The van der Waals surface area contributed by atoms with Crippen LogP contribution < -0.4 is 15.2 Å². The van der Waals surface area contributed by atoms with Crippen LogP contribution in [0.1, 0.15) is 79.7 Å². The maximum atomic E-state index is 12.6. The van der Waals surface area contributed by atoms with Crippen molar-refractivity contribution in [3.8, 4) is 11.5 Å². The molecule has 1 aromatic carbocycles. The molecule has 0 saturated carbocycles. The Bertz CT molecular complexity index is 987. The van der Waals surface area contributed by atoms with Crippen LogP contribution in [0.3, 0.4) is 0 Å². The molecule has 0 radical (unpaired) electrons. The van der Waals surface area contributed by atoms with E-state index in [1.54, 1.807) is 19.9 Å². The Morgan fingerprint density at radius 1 is 0.897 bits per heavy atom. The molecule has 0 saturated heterocycles. The highest BCUT2D eigenvalue weighted by atomic mass is 16.7. The number of esters is 2. The third kappa shape index (κ3) is 12.4. The fourth-order valence-corrected chi connectivity index (χ4v) is 3.21. The Morgan fingerprint density at radius 3 is 1.92 bits per heavy atom. The third-order valence-corrected chi connectivity index (χ3v) is 5.74. The molecule has 220 valence electrons. The highest BCUT2D eigenvalue weighted by Crippen LogP contribution is 2.31. The summed E-state index contributed by atoms with van der Waals surface area (Å²) >= 11 is 0. The second-order valence-corrected chi connectivity index (χ2v) is 10.7. The normalized spacial score (nSPS) is 14.3. The van der Waals surface area contributed by atoms with Crippen molar-refractivity contribution < 1.29 is 47.6 Å². The van der Waals surface area contributed by atoms with Crippen LogP contribution >= 0.6 is 0 Å². The molecule has 1 aromatic rings. The van der Waals surface area contributed by atoms with Crippen LogP contribution in [0, 0.1) is 5.41 Å². The molecule has 0 heterocycles. The first-order valence-electron chi connectivity index (χ1n) is 13.0. The molecule has 39 heavy (non-hydrogen) atoms. The maximum absolute atomic E-state index is 12.6. The summed E-state index contributed by atoms with van der Waals surface area (Å²) in [5.41, 5.74) is 5.05. The van der Waals surface area contributed by atoms with E-state index in [9.17, 15) is 19.2 Å². The van der Waals surface area contributed by atoms with Crippen LogP contribution in [0.5, 0.6) is 11.5 Å². The number of carbonyl (C=O) groups excluding carboxylic acids is 4. The van der Waals surface area contributed by atoms with E-state index in [1.165, 1.54) is 19.2 Å². The topological polar surface area (TPSA) is 150 Å². The standard InChI is InChI=1S/C28H43NO10/c1-9-18(3)36-25(32)38-21-12-11-20(15-22(21)39-26(33)37-19(4)10-2)16-28(29,24(31)34-8)13-14-35-23(30)17-27(5,6)7/h11-12,15,18-19H,9-10,13-14,16-17,29H2,1-8H3/t18?,19?,28-/m1/s1. The SMILES string of the molecule is CCC(C)OC(=O)Oc1ccc(C[C@](N)(CCOC(=O)CC(C)(C)C)C(=O)OC)cc1OC(=O)OC(C)CC. The molecule has 1 rings (SSSR count). The molecule has 0 fully saturated rings. The summed E-state index contributed by atoms with van der Waals surface area (Å²) in [6.45, 7) is 12.7. The highest BCUT2D eigenvalue weighted by Gasteiger charge is 2.36. The van der Waals surface area contributed by atoms with Crippen LogP contribution in [0.4, 0.5) is 9.59 Å². The second kappa shape index (κ2) is 15.3. The lowest BCUT2D eigenvalue weighted by Crippen LogP contribution is -2.51. The summed E-state index contributed by atoms with van der Waals surface area (Å²) in [5, 5.41) is 0. The number of ether oxygens (including phenoxy) is 6. The Labute approximate surface area is 230 Å². The van der Waals surface area contributed by atoms with Crippen LogP contribution in [0.15, 0.2) is 18.2 Å². The average molecular weight is 554 g/mol. The Balaban J connectivity index is 3.18. The summed E-state index contributed by atoms with van der Waals surface area (Å²) in [6, 6.07) is 4.34. The second-order valence-electron chi connectivity index (χ2n) is 10.7. The van der Waals surface area contributed by atoms with Gasteiger partial charge in [-0.1, -0.05) is 40.7 Å². The van der Waals surface area contributed by atoms with Crippen molar-refractivity contribution in [2.24, 2.45) is 11.1 Å². The van der Waals surface area contributed by atoms with Gasteiger partial charge in [0, 0.05) is 12.8 Å². The van der Waals surface area contributed by atoms with Gasteiger partial charge in [0.2, 0.25) is 0 Å². The van der Waals surface area contributed by atoms with Crippen LogP contribution in [-0.2, 0) is 35.0 Å². The zero-order chi connectivity index (χ0) is 29.8. The average Bonchev–Trinajstić information content (AvgIpc) is 2.83. The first-order chi connectivity index (χ1) is 18.1. The number of nitrogens with two attached hydrogens (primary N) is 1. The van der Waals surface area contributed by atoms with Gasteiger partial charge in [0.05, 0.1) is 20.1 Å². The minimum Gasteiger partial charge on any atom is -0.468 e. The molecule has 0 aliphatic heterocycles. The van der Waals surface area contributed by atoms with Crippen molar-refractivity contribution in [3.05, 3.63) is 23.8 Å². The lowest BCUT2D eigenvalue weighted by atomic mass is 9.88. The van der Waals surface area contributed by atoms with E-state index in [4.69, 9.17) is 34.2 Å². The highest BCUT2D eigenvalue weighted by molar-refractivity contribution is 5.81. The zero-order valence-electron chi connectivity index (χ0n) is 24.3. The van der Waals surface area contributed by atoms with Crippen molar-refractivity contribution in [1.82, 2.24) is 0 Å². The molecule has 0 aromatic heterocycles. The molecule has 0 aliphatic carbocycles. The molecule has 3 atom stereocenters. The van der Waals surface area contributed by atoms with Gasteiger partial charge >= 0.3 is 24.2 Å². The molecule has 2 N–H and O–H groups in total. The van der Waals surface area contributed by atoms with Gasteiger partial charge in [0.15, 0.2) is 11.5 Å². The molecule has 11 heteroatoms. The van der Waals surface area contributed by atoms with Gasteiger partial charge in [-0.15, -0.1) is 0 Å². The van der Waals surface area contributed by atoms with Gasteiger partial charge in [0.1, 0.15) is 17.7 Å². The van der Waals surface area contributed by atoms with E-state index in [0.29, 0.717) is 18.4 Å². The Hall–Kier alpha value is -3.34. The number of methoxy groups -OCH3 is 1. The fourth-order valence-electron chi connectivity index (χ4n) is 3.21. The van der Waals surface area contributed by atoms with E-state index in [2.05, 4.69) is 0 Å². The first kappa shape index (κ1) is 33.7. The van der Waals surface area contributed by atoms with E-state index < -0.39 is 35.9 Å². The summed E-state index contributed by atoms with van der Waals surface area (Å²) in [7, 11) is 1.20. The quantitative estimate of drug-likeness (QED) is 0.197. The van der Waals surface area contributed by atoms with Crippen LogP contribution in [0.2, 0.25) is 0 Å². The summed E-state index contributed by atoms with van der Waals surface area (Å²) in [4.78, 5) is 49.3. The summed E-state index contributed by atoms with van der Waals surface area (Å²) < 4.78 is 31.1. The number of hydrogen-bond acceptors (Lipinski definition) is 11. The molecule has 2 unspecified atom stereocenters. The maximum Gasteiger partial charge on any atom is 0.514 e. The van der Waals surface area contributed by atoms with Crippen molar-refractivity contribution >= 4 is 24.2 Å². The first-order valence-corrected chi connectivity index (χ1v) is 13.0. The fraction of sp³-hybridized carbons (Fsp3) is 0.643. The van der Waals surface area contributed by atoms with Gasteiger partial charge in [-0.05, 0) is 49.8 Å². The van der Waals surface area contributed by atoms with Crippen molar-refractivity contribution in [3.63, 3.8) is 0 Å². The molecule has 11 nitrogen and oxygen atoms in total. The molecule has 0 bridgehead atoms. The largest absolute Gasteiger partial charge is 0.514 e. The summed E-state index contributed by atoms with van der Waals surface area (Å²) in [5.74, 6) is -1.35. The number of rotatable bonds is 13. The number of carbonyl (C=O) groups is 4. The monoisotopic (exact) mass is 553 g/mol. The molecule has 0 spiro atoms. The van der Waals surface area contributed by atoms with Gasteiger partial charge in [0.25, 0.3) is 0 Å². The molecule has 0 amide bonds. The predicted molar refractivity (Wildman–Crippen MR) is 142 cm³/mol. The van der Waals surface area contributed by atoms with Gasteiger partial charge in [-0.25, -0.2) is 9.59 Å². The van der Waals surface area contributed by atoms with Gasteiger partial charge in [-0.2, -0.15) is 0 Å². The number of hydrogen-bond donors (Lipinski definition) is 1. The van der Waals surface area contributed by atoms with Crippen molar-refractivity contribution in [1.29, 1.82) is 0 Å². The minimum absolute atomic E-state index is 0.0265. The molecular weight excluding hydrogens is 510 g/mol. The van der Waals surface area contributed by atoms with Crippen LogP contribution in [-0.4, -0.2) is 55.7 Å².